The van der Waals surface area contributed by atoms with E-state index in [1.54, 1.807) is 0 Å². The van der Waals surface area contributed by atoms with Crippen LogP contribution in [0.5, 0.6) is 0 Å². The van der Waals surface area contributed by atoms with Crippen LogP contribution in [-0.4, -0.2) is 0 Å². The fourth-order valence-electron chi connectivity index (χ4n) is 2.39. The summed E-state index contributed by atoms with van der Waals surface area (Å²) in [6.07, 6.45) is 10.2. The van der Waals surface area contributed by atoms with Gasteiger partial charge >= 0.3 is 0 Å². The van der Waals surface area contributed by atoms with Crippen molar-refractivity contribution in [3.8, 4) is 0 Å². The first-order valence-electron chi connectivity index (χ1n) is 5.52. The van der Waals surface area contributed by atoms with Crippen LogP contribution >= 0.6 is 0 Å². The van der Waals surface area contributed by atoms with Crippen LogP contribution in [-0.2, 0) is 0 Å². The second kappa shape index (κ2) is 2.90. The summed E-state index contributed by atoms with van der Waals surface area (Å²) < 4.78 is 5.63. The third-order valence-electron chi connectivity index (χ3n) is 3.75. The van der Waals surface area contributed by atoms with Crippen LogP contribution in [0, 0.1) is 0 Å². The molecule has 2 aliphatic carbocycles. The summed E-state index contributed by atoms with van der Waals surface area (Å²) in [5, 5.41) is 0. The maximum atomic E-state index is 5.63. The summed E-state index contributed by atoms with van der Waals surface area (Å²) in [5.41, 5.74) is 1.54. The highest BCUT2D eigenvalue weighted by Crippen LogP contribution is 2.45. The van der Waals surface area contributed by atoms with E-state index < -0.39 is 0 Å². The maximum absolute atomic E-state index is 5.63. The first-order chi connectivity index (χ1) is 6.45. The molecular weight excluding hydrogens is 160 g/mol. The van der Waals surface area contributed by atoms with E-state index in [0.717, 1.165) is 11.8 Å². The molecule has 1 heteroatoms. The van der Waals surface area contributed by atoms with E-state index in [4.69, 9.17) is 4.42 Å². The first kappa shape index (κ1) is 7.66. The van der Waals surface area contributed by atoms with E-state index in [0.29, 0.717) is 0 Å². The van der Waals surface area contributed by atoms with E-state index in [-0.39, 0.29) is 0 Å². The van der Waals surface area contributed by atoms with Crippen LogP contribution < -0.4 is 0 Å². The zero-order valence-corrected chi connectivity index (χ0v) is 7.96. The molecule has 70 valence electrons. The van der Waals surface area contributed by atoms with Crippen molar-refractivity contribution in [3.05, 3.63) is 23.7 Å². The van der Waals surface area contributed by atoms with Gasteiger partial charge in [0.25, 0.3) is 0 Å². The molecule has 0 bridgehead atoms. The van der Waals surface area contributed by atoms with E-state index in [9.17, 15) is 0 Å². The molecule has 0 atom stereocenters. The van der Waals surface area contributed by atoms with Gasteiger partial charge < -0.3 is 4.42 Å². The highest BCUT2D eigenvalue weighted by Gasteiger charge is 2.30. The topological polar surface area (TPSA) is 13.1 Å². The predicted octanol–water partition coefficient (Wildman–Crippen LogP) is 3.81. The minimum Gasteiger partial charge on any atom is -0.469 e. The van der Waals surface area contributed by atoms with Gasteiger partial charge in [0.2, 0.25) is 0 Å². The van der Waals surface area contributed by atoms with E-state index >= 15 is 0 Å². The zero-order chi connectivity index (χ0) is 8.67. The molecule has 0 aliphatic heterocycles. The Morgan fingerprint density at radius 2 is 1.69 bits per heavy atom. The fourth-order valence-corrected chi connectivity index (χ4v) is 2.39. The van der Waals surface area contributed by atoms with Crippen molar-refractivity contribution in [3.63, 3.8) is 0 Å². The Morgan fingerprint density at radius 3 is 2.23 bits per heavy atom. The minimum atomic E-state index is 0.769. The van der Waals surface area contributed by atoms with Crippen molar-refractivity contribution in [2.75, 3.05) is 0 Å². The normalized spacial score (nSPS) is 24.0. The molecule has 1 heterocycles. The van der Waals surface area contributed by atoms with Crippen LogP contribution in [0.1, 0.15) is 61.7 Å². The van der Waals surface area contributed by atoms with Crippen molar-refractivity contribution >= 4 is 0 Å². The van der Waals surface area contributed by atoms with Crippen LogP contribution in [0.3, 0.4) is 0 Å². The lowest BCUT2D eigenvalue weighted by Crippen LogP contribution is -2.14. The lowest BCUT2D eigenvalue weighted by Gasteiger charge is -2.30. The predicted molar refractivity (Wildman–Crippen MR) is 51.9 cm³/mol. The van der Waals surface area contributed by atoms with Gasteiger partial charge in [0.1, 0.15) is 5.76 Å². The molecule has 2 fully saturated rings. The standard InChI is InChI=1S/C12H16O/c1-3-9(4-1)11-7-8-13-12(11)10-5-2-6-10/h7-10H,1-6H2. The van der Waals surface area contributed by atoms with Crippen molar-refractivity contribution in [1.82, 2.24) is 0 Å². The van der Waals surface area contributed by atoms with Crippen molar-refractivity contribution in [2.24, 2.45) is 0 Å². The molecule has 0 aromatic carbocycles. The molecule has 0 unspecified atom stereocenters. The third-order valence-corrected chi connectivity index (χ3v) is 3.75. The van der Waals surface area contributed by atoms with Gasteiger partial charge in [-0.1, -0.05) is 12.8 Å². The molecule has 1 aromatic rings. The number of rotatable bonds is 2. The van der Waals surface area contributed by atoms with Gasteiger partial charge in [-0.25, -0.2) is 0 Å². The Hall–Kier alpha value is -0.720. The number of hydrogen-bond donors (Lipinski definition) is 0. The average Bonchev–Trinajstić information content (AvgIpc) is 2.30. The Kier molecular flexibility index (Phi) is 1.71. The van der Waals surface area contributed by atoms with E-state index in [1.807, 2.05) is 6.26 Å². The molecule has 3 rings (SSSR count). The second-order valence-corrected chi connectivity index (χ2v) is 4.50. The Bertz CT molecular complexity index is 263. The van der Waals surface area contributed by atoms with Gasteiger partial charge in [0.15, 0.2) is 0 Å². The third kappa shape index (κ3) is 1.13. The molecule has 0 amide bonds. The minimum absolute atomic E-state index is 0.769. The van der Waals surface area contributed by atoms with E-state index in [1.165, 1.54) is 49.8 Å². The molecule has 0 saturated heterocycles. The molecule has 1 nitrogen and oxygen atoms in total. The van der Waals surface area contributed by atoms with Gasteiger partial charge in [-0.15, -0.1) is 0 Å². The van der Waals surface area contributed by atoms with E-state index in [2.05, 4.69) is 6.07 Å². The van der Waals surface area contributed by atoms with Gasteiger partial charge in [0.05, 0.1) is 6.26 Å². The van der Waals surface area contributed by atoms with Crippen LogP contribution in [0.15, 0.2) is 16.7 Å². The Morgan fingerprint density at radius 1 is 1.00 bits per heavy atom. The summed E-state index contributed by atoms with van der Waals surface area (Å²) >= 11 is 0. The molecular formula is C12H16O. The van der Waals surface area contributed by atoms with Gasteiger partial charge in [-0.3, -0.25) is 0 Å². The monoisotopic (exact) mass is 176 g/mol. The number of furan rings is 1. The Balaban J connectivity index is 1.86. The molecule has 2 aliphatic rings. The van der Waals surface area contributed by atoms with Crippen LogP contribution in [0.25, 0.3) is 0 Å². The van der Waals surface area contributed by atoms with Gasteiger partial charge in [-0.05, 0) is 43.2 Å². The summed E-state index contributed by atoms with van der Waals surface area (Å²) in [6.45, 7) is 0. The lowest BCUT2D eigenvalue weighted by atomic mass is 9.75. The summed E-state index contributed by atoms with van der Waals surface area (Å²) in [4.78, 5) is 0. The first-order valence-corrected chi connectivity index (χ1v) is 5.52. The molecule has 2 saturated carbocycles. The molecule has 0 radical (unpaired) electrons. The smallest absolute Gasteiger partial charge is 0.110 e. The summed E-state index contributed by atoms with van der Waals surface area (Å²) in [5.74, 6) is 2.94. The van der Waals surface area contributed by atoms with Gasteiger partial charge in [0, 0.05) is 5.92 Å². The molecule has 1 aromatic heterocycles. The highest BCUT2D eigenvalue weighted by molar-refractivity contribution is 5.27. The van der Waals surface area contributed by atoms with Crippen molar-refractivity contribution in [1.29, 1.82) is 0 Å². The maximum Gasteiger partial charge on any atom is 0.110 e. The largest absolute Gasteiger partial charge is 0.469 e. The van der Waals surface area contributed by atoms with Crippen molar-refractivity contribution < 1.29 is 4.42 Å². The Labute approximate surface area is 79.1 Å². The summed E-state index contributed by atoms with van der Waals surface area (Å²) in [7, 11) is 0. The van der Waals surface area contributed by atoms with Gasteiger partial charge in [-0.2, -0.15) is 0 Å². The van der Waals surface area contributed by atoms with Crippen LogP contribution in [0.2, 0.25) is 0 Å². The SMILES string of the molecule is c1cc(C2CCC2)c(C2CCC2)o1. The van der Waals surface area contributed by atoms with Crippen LogP contribution in [0.4, 0.5) is 0 Å². The quantitative estimate of drug-likeness (QED) is 0.667. The zero-order valence-electron chi connectivity index (χ0n) is 7.96. The summed E-state index contributed by atoms with van der Waals surface area (Å²) in [6, 6.07) is 2.21. The average molecular weight is 176 g/mol. The highest BCUT2D eigenvalue weighted by atomic mass is 16.3. The molecule has 0 N–H and O–H groups in total. The second-order valence-electron chi connectivity index (χ2n) is 4.50. The molecule has 13 heavy (non-hydrogen) atoms. The molecule has 0 spiro atoms. The van der Waals surface area contributed by atoms with Crippen molar-refractivity contribution in [2.45, 2.75) is 50.4 Å². The fraction of sp³-hybridized carbons (Fsp3) is 0.667. The number of hydrogen-bond acceptors (Lipinski definition) is 1. The lowest BCUT2D eigenvalue weighted by molar-refractivity contribution is 0.330.